The van der Waals surface area contributed by atoms with Crippen molar-refractivity contribution in [2.75, 3.05) is 115 Å². The second kappa shape index (κ2) is 45.6. The molecule has 12 amide bonds. The molecule has 0 atom stereocenters. The van der Waals surface area contributed by atoms with Crippen LogP contribution in [0.25, 0.3) is 10.2 Å². The smallest absolute Gasteiger partial charge is 0.426 e. The van der Waals surface area contributed by atoms with Crippen molar-refractivity contribution in [2.45, 2.75) is 127 Å². The zero-order valence-electron chi connectivity index (χ0n) is 57.7. The third-order valence-electron chi connectivity index (χ3n) is 13.4. The number of nitrogens with two attached hydrogens (primary N) is 4. The summed E-state index contributed by atoms with van der Waals surface area (Å²) in [7, 11) is 0. The summed E-state index contributed by atoms with van der Waals surface area (Å²) in [6.07, 6.45) is -0.858. The highest BCUT2D eigenvalue weighted by Gasteiger charge is 2.28. The van der Waals surface area contributed by atoms with Crippen molar-refractivity contribution in [1.82, 2.24) is 72.7 Å². The van der Waals surface area contributed by atoms with Gasteiger partial charge in [-0.25, -0.2) is 76.7 Å². The summed E-state index contributed by atoms with van der Waals surface area (Å²) in [6.45, 7) is 28.1. The van der Waals surface area contributed by atoms with Crippen LogP contribution in [0, 0.1) is 0 Å². The second-order valence-electron chi connectivity index (χ2n) is 24.7. The molecule has 4 saturated heterocycles. The molecule has 566 valence electrons. The number of anilines is 2. The van der Waals surface area contributed by atoms with E-state index in [9.17, 15) is 43.2 Å². The Bertz CT molecular complexity index is 3220. The van der Waals surface area contributed by atoms with Crippen molar-refractivity contribution in [3.05, 3.63) is 88.3 Å². The fourth-order valence-corrected chi connectivity index (χ4v) is 9.93. The van der Waals surface area contributed by atoms with Crippen LogP contribution in [0.3, 0.4) is 0 Å². The van der Waals surface area contributed by atoms with Gasteiger partial charge in [0.15, 0.2) is 0 Å². The Balaban J connectivity index is 0.000000642. The van der Waals surface area contributed by atoms with Gasteiger partial charge in [0.25, 0.3) is 5.91 Å². The van der Waals surface area contributed by atoms with E-state index < -0.39 is 57.8 Å². The molecule has 6 heterocycles. The minimum atomic E-state index is -0.889. The number of pyridine rings is 1. The van der Waals surface area contributed by atoms with Crippen LogP contribution in [0.4, 0.5) is 54.7 Å². The van der Waals surface area contributed by atoms with Gasteiger partial charge in [0.2, 0.25) is 0 Å². The van der Waals surface area contributed by atoms with Crippen LogP contribution in [0.15, 0.2) is 66.7 Å². The predicted octanol–water partition coefficient (Wildman–Crippen LogP) is 7.24. The van der Waals surface area contributed by atoms with E-state index in [0.29, 0.717) is 82.6 Å². The number of thiophene rings is 1. The first-order valence-electron chi connectivity index (χ1n) is 31.6. The first-order valence-corrected chi connectivity index (χ1v) is 33.2. The number of aryl methyl sites for hydroxylation is 1. The van der Waals surface area contributed by atoms with Gasteiger partial charge in [0.05, 0.1) is 5.69 Å². The fraction of sp³-hybridized carbons (Fsp3) is 0.547. The van der Waals surface area contributed by atoms with Crippen LogP contribution >= 0.6 is 34.5 Å². The third kappa shape index (κ3) is 36.2. The van der Waals surface area contributed by atoms with Crippen LogP contribution < -0.4 is 71.2 Å². The van der Waals surface area contributed by atoms with Gasteiger partial charge in [-0.05, 0) is 115 Å². The summed E-state index contributed by atoms with van der Waals surface area (Å²) in [5.41, 5.74) is 26.4. The fourth-order valence-electron chi connectivity index (χ4n) is 8.94. The molecule has 0 spiro atoms. The molecular weight excluding hydrogens is 1380 g/mol. The molecule has 37 heteroatoms. The SMILES string of the molecule is C.C.CC(C)(C)OC(=O)NN.CC(C)(C)OC(=O)NNC(=O)N1CCN(C(=O)OCc2ccccc2)CC1.CC(C)(C)OC(=O)NNC(=O)N1CCNCC1.CCCc1cc(N2CCN(C(=O)NN)CC2)nc2sc(C(N)=O)c(N)c12.O=C(Cl)Cl.O=C(OCc1ccccc1)N1CCNCC1. The second-order valence-corrected chi connectivity index (χ2v) is 26.6. The van der Waals surface area contributed by atoms with Crippen molar-refractivity contribution in [2.24, 2.45) is 17.4 Å². The molecule has 0 saturated carbocycles. The lowest BCUT2D eigenvalue weighted by atomic mass is 10.1. The molecule has 34 nitrogen and oxygen atoms in total. The number of fused-ring (bicyclic) bond motifs is 1. The average Bonchev–Trinajstić information content (AvgIpc) is 1.64. The monoisotopic (exact) mass is 1480 g/mol. The molecule has 0 unspecified atom stereocenters. The molecule has 0 radical (unpaired) electrons. The summed E-state index contributed by atoms with van der Waals surface area (Å²) in [5.74, 6) is 10.2. The van der Waals surface area contributed by atoms with E-state index in [2.05, 4.69) is 72.8 Å². The number of rotatable bonds is 8. The number of primary amides is 1. The molecule has 8 rings (SSSR count). The van der Waals surface area contributed by atoms with Crippen LogP contribution in [0.2, 0.25) is 0 Å². The lowest BCUT2D eigenvalue weighted by Crippen LogP contribution is -2.56. The lowest BCUT2D eigenvalue weighted by molar-refractivity contribution is 0.0485. The number of hydrazine groups is 4. The Morgan fingerprint density at radius 3 is 1.28 bits per heavy atom. The normalized spacial score (nSPS) is 14.1. The number of nitrogens with one attached hydrogen (secondary N) is 8. The molecule has 2 aromatic carbocycles. The number of hydrogen-bond donors (Lipinski definition) is 12. The van der Waals surface area contributed by atoms with Gasteiger partial charge < -0.3 is 75.2 Å². The number of ether oxygens (including phenoxy) is 5. The molecule has 4 aliphatic heterocycles. The molecule has 4 aromatic rings. The molecular formula is C64H105Cl2N19O15S. The molecule has 4 aliphatic rings. The molecule has 16 N–H and O–H groups in total. The quantitative estimate of drug-likeness (QED) is 0.0272. The third-order valence-corrected chi connectivity index (χ3v) is 14.5. The number of piperazine rings is 4. The highest BCUT2D eigenvalue weighted by atomic mass is 35.5. The Morgan fingerprint density at radius 2 is 0.901 bits per heavy atom. The van der Waals surface area contributed by atoms with Crippen molar-refractivity contribution in [3.8, 4) is 0 Å². The van der Waals surface area contributed by atoms with Crippen molar-refractivity contribution in [1.29, 1.82) is 0 Å². The summed E-state index contributed by atoms with van der Waals surface area (Å²) >= 11 is 10.0. The summed E-state index contributed by atoms with van der Waals surface area (Å²) in [6, 6.07) is 20.1. The summed E-state index contributed by atoms with van der Waals surface area (Å²) in [4.78, 5) is 129. The number of amides is 12. The van der Waals surface area contributed by atoms with Crippen molar-refractivity contribution < 1.29 is 71.6 Å². The van der Waals surface area contributed by atoms with Gasteiger partial charge in [-0.3, -0.25) is 20.4 Å². The maximum atomic E-state index is 12.1. The molecule has 0 aliphatic carbocycles. The Hall–Kier alpha value is -9.13. The van der Waals surface area contributed by atoms with Crippen molar-refractivity contribution >= 4 is 115 Å². The van der Waals surface area contributed by atoms with E-state index in [0.717, 1.165) is 84.8 Å². The van der Waals surface area contributed by atoms with E-state index in [1.165, 1.54) is 16.2 Å². The molecule has 101 heavy (non-hydrogen) atoms. The van der Waals surface area contributed by atoms with Crippen molar-refractivity contribution in [3.63, 3.8) is 0 Å². The number of aromatic nitrogens is 1. The topological polar surface area (TPSA) is 449 Å². The van der Waals surface area contributed by atoms with Gasteiger partial charge in [-0.2, -0.15) is 0 Å². The van der Waals surface area contributed by atoms with Gasteiger partial charge in [-0.1, -0.05) is 88.9 Å². The maximum absolute atomic E-state index is 12.1. The van der Waals surface area contributed by atoms with Crippen LogP contribution in [-0.4, -0.2) is 210 Å². The molecule has 2 aromatic heterocycles. The summed E-state index contributed by atoms with van der Waals surface area (Å²) in [5, 5.41) is 7.15. The van der Waals surface area contributed by atoms with Crippen LogP contribution in [0.5, 0.6) is 0 Å². The minimum absolute atomic E-state index is 0. The number of carbonyl (C=O) groups is 10. The lowest BCUT2D eigenvalue weighted by Gasteiger charge is -2.35. The van der Waals surface area contributed by atoms with Gasteiger partial charge in [0.1, 0.15) is 45.5 Å². The number of urea groups is 3. The number of benzene rings is 2. The van der Waals surface area contributed by atoms with Crippen LogP contribution in [0.1, 0.15) is 117 Å². The van der Waals surface area contributed by atoms with Gasteiger partial charge in [-0.15, -0.1) is 11.3 Å². The first-order chi connectivity index (χ1) is 46.6. The predicted molar refractivity (Wildman–Crippen MR) is 388 cm³/mol. The molecule has 0 bridgehead atoms. The highest BCUT2D eigenvalue weighted by Crippen LogP contribution is 2.37. The largest absolute Gasteiger partial charge is 0.445 e. The van der Waals surface area contributed by atoms with Crippen LogP contribution in [-0.2, 0) is 43.3 Å². The highest BCUT2D eigenvalue weighted by molar-refractivity contribution is 7.21. The summed E-state index contributed by atoms with van der Waals surface area (Å²) < 4.78 is 24.3. The average molecular weight is 1480 g/mol. The zero-order valence-corrected chi connectivity index (χ0v) is 60.0. The Morgan fingerprint density at radius 1 is 0.535 bits per heavy atom. The van der Waals surface area contributed by atoms with E-state index >= 15 is 0 Å². The number of nitrogens with zero attached hydrogens (tertiary/aromatic N) is 7. The Labute approximate surface area is 605 Å². The Kier molecular flexibility index (Phi) is 40.6. The standard InChI is InChI=1S/C18H26N4O5.C16H23N7O2S.C12H16N2O2.C10H20N4O3.C5H12N2O2.CCl2O.2CH4/c1-18(2,3)27-16(24)20-19-15(23)21-9-11-22(12-10-21)17(25)26-13-14-7-5-4-6-8-14;1-2-3-9-8-10(22-4-6-23(7-5-22)16(25)21-19)20-15-11(9)12(17)13(26-15)14(18)24;15-12(14-8-6-13-7-9-14)16-10-11-4-2-1-3-5-11;1-10(2,3)17-9(16)13-12-8(15)14-6-4-11-5-7-14;1-5(2,3)9-4(8)7-6;2-1(3)4;;/h4-8H,9-13H2,1-3H3,(H,19,23)(H,20,24);8H,2-7,17,19H2,1H3,(H2,18,24)(H,21,25);1-5,13H,6-10H2;11H,4-7H2,1-3H3,(H,12,15)(H,13,16);6H2,1-3H3,(H,7,8);;2*1H4. The zero-order chi connectivity index (χ0) is 73.9. The molecule has 4 fully saturated rings. The van der Waals surface area contributed by atoms with Gasteiger partial charge >= 0.3 is 53.3 Å². The first kappa shape index (κ1) is 89.9. The number of carbonyl (C=O) groups excluding carboxylic acids is 10. The maximum Gasteiger partial charge on any atom is 0.426 e. The van der Waals surface area contributed by atoms with E-state index in [4.69, 9.17) is 56.6 Å². The minimum Gasteiger partial charge on any atom is -0.445 e. The van der Waals surface area contributed by atoms with E-state index in [1.807, 2.05) is 72.2 Å². The number of nitrogen functional groups attached to an aromatic ring is 1. The number of hydrogen-bond acceptors (Lipinski definition) is 23. The van der Waals surface area contributed by atoms with E-state index in [1.54, 1.807) is 81.9 Å². The number of halogens is 2. The van der Waals surface area contributed by atoms with E-state index in [-0.39, 0.29) is 39.6 Å². The van der Waals surface area contributed by atoms with Gasteiger partial charge in [0, 0.05) is 110 Å².